The summed E-state index contributed by atoms with van der Waals surface area (Å²) in [6.07, 6.45) is 0. The van der Waals surface area contributed by atoms with Gasteiger partial charge in [0.1, 0.15) is 0 Å². The fourth-order valence-electron chi connectivity index (χ4n) is 0. The molecule has 0 bridgehead atoms. The van der Waals surface area contributed by atoms with Gasteiger partial charge in [-0.2, -0.15) is 0 Å². The van der Waals surface area contributed by atoms with Crippen molar-refractivity contribution in [1.82, 2.24) is 0 Å². The molecule has 0 aliphatic heterocycles. The fraction of sp³-hybridized carbons (Fsp3) is 0. The first-order chi connectivity index (χ1) is 0. The maximum absolute atomic E-state index is 0. The van der Waals surface area contributed by atoms with E-state index in [0.717, 1.165) is 0 Å². The number of hydrogen-bond donors (Lipinski definition) is 0. The van der Waals surface area contributed by atoms with Crippen LogP contribution in [0.15, 0.2) is 0 Å². The van der Waals surface area contributed by atoms with E-state index in [4.69, 9.17) is 0 Å². The Morgan fingerprint density at radius 3 is 0.273 bits per heavy atom. The summed E-state index contributed by atoms with van der Waals surface area (Å²) in [5.74, 6) is 0. The zero-order chi connectivity index (χ0) is 0. The van der Waals surface area contributed by atoms with Gasteiger partial charge in [-0.3, -0.25) is 0 Å². The van der Waals surface area contributed by atoms with Gasteiger partial charge in [-0.05, 0) is 0 Å². The maximum atomic E-state index is 0. The molecule has 0 saturated carbocycles. The van der Waals surface area contributed by atoms with Gasteiger partial charge in [0.05, 0.1) is 0 Å². The van der Waals surface area contributed by atoms with Crippen molar-refractivity contribution >= 4 is 54.6 Å². The molecular weight excluding hydrogens is 712 g/mol. The second-order valence-electron chi connectivity index (χ2n) is 0. The molecule has 0 aromatic heterocycles. The molecule has 0 atom stereocenters. The topological polar surface area (TPSA) is 200 Å². The van der Waals surface area contributed by atoms with Crippen LogP contribution < -0.4 is 0 Å². The molecule has 0 unspecified atom stereocenters. The summed E-state index contributed by atoms with van der Waals surface area (Å²) in [6, 6.07) is 0. The van der Waals surface area contributed by atoms with Crippen molar-refractivity contribution in [1.29, 1.82) is 0 Å². The summed E-state index contributed by atoms with van der Waals surface area (Å²) in [4.78, 5) is 0. The molecule has 11 heavy (non-hydrogen) atoms. The standard InChI is InChI=1S/2Nb.7O.2Pb/q2*+5;7*-2;2*+2. The van der Waals surface area contributed by atoms with Gasteiger partial charge in [0, 0.05) is 0 Å². The van der Waals surface area contributed by atoms with Gasteiger partial charge < -0.3 is 38.3 Å². The van der Waals surface area contributed by atoms with Crippen LogP contribution in [0.4, 0.5) is 0 Å². The minimum absolute atomic E-state index is 0. The minimum atomic E-state index is 0. The van der Waals surface area contributed by atoms with E-state index in [0.29, 0.717) is 0 Å². The van der Waals surface area contributed by atoms with Gasteiger partial charge in [0.25, 0.3) is 0 Å². The van der Waals surface area contributed by atoms with Gasteiger partial charge in [-0.1, -0.05) is 0 Å². The van der Waals surface area contributed by atoms with Crippen molar-refractivity contribution in [3.8, 4) is 0 Å². The molecule has 0 aromatic carbocycles. The van der Waals surface area contributed by atoms with Crippen LogP contribution in [-0.4, -0.2) is 54.6 Å². The average Bonchev–Trinajstić information content (AvgIpc) is 0. The van der Waals surface area contributed by atoms with E-state index in [1.807, 2.05) is 0 Å². The van der Waals surface area contributed by atoms with E-state index >= 15 is 0 Å². The quantitative estimate of drug-likeness (QED) is 0.261. The zero-order valence-corrected chi connectivity index (χ0v) is 16.9. The van der Waals surface area contributed by atoms with Gasteiger partial charge in [0.15, 0.2) is 0 Å². The Balaban J connectivity index is 0. The van der Waals surface area contributed by atoms with E-state index in [9.17, 15) is 0 Å². The van der Waals surface area contributed by atoms with Crippen molar-refractivity contribution < 1.29 is 83.1 Å². The summed E-state index contributed by atoms with van der Waals surface area (Å²) in [6.45, 7) is 0. The predicted octanol–water partition coefficient (Wildman–Crippen LogP) is -1.60. The molecule has 0 saturated heterocycles. The van der Waals surface area contributed by atoms with Crippen LogP contribution in [0.5, 0.6) is 0 Å². The van der Waals surface area contributed by atoms with Crippen molar-refractivity contribution in [3.63, 3.8) is 0 Å². The Labute approximate surface area is 136 Å². The molecule has 0 aliphatic rings. The summed E-state index contributed by atoms with van der Waals surface area (Å²) in [7, 11) is 0. The Hall–Kier alpha value is 3.04. The molecule has 7 nitrogen and oxygen atoms in total. The molecule has 0 N–H and O–H groups in total. The van der Waals surface area contributed by atoms with Crippen molar-refractivity contribution in [2.75, 3.05) is 0 Å². The Kier molecular flexibility index (Phi) is 4780. The van der Waals surface area contributed by atoms with E-state index in [2.05, 4.69) is 0 Å². The van der Waals surface area contributed by atoms with Crippen LogP contribution in [0.1, 0.15) is 0 Å². The van der Waals surface area contributed by atoms with Gasteiger partial charge in [-0.15, -0.1) is 0 Å². The third-order valence-electron chi connectivity index (χ3n) is 0. The zero-order valence-electron chi connectivity index (χ0n) is 4.75. The molecule has 0 amide bonds. The van der Waals surface area contributed by atoms with Crippen molar-refractivity contribution in [3.05, 3.63) is 0 Å². The van der Waals surface area contributed by atoms with E-state index < -0.39 is 0 Å². The molecule has 0 aromatic rings. The minimum Gasteiger partial charge on any atom is -2.00 e. The molecular formula is Nb2O7Pb2. The SMILES string of the molecule is [Nb+5].[Nb+5].[O-2].[O-2].[O-2].[O-2].[O-2].[O-2].[O-2].[Pb+2].[Pb+2]. The maximum Gasteiger partial charge on any atom is 5.00 e. The first kappa shape index (κ1) is 258. The Morgan fingerprint density at radius 2 is 0.273 bits per heavy atom. The number of hydrogen-bond acceptors (Lipinski definition) is 0. The second-order valence-corrected chi connectivity index (χ2v) is 0. The number of rotatable bonds is 0. The smallest absolute Gasteiger partial charge is 2.00 e. The normalized spacial score (nSPS) is 0. The first-order valence-electron chi connectivity index (χ1n) is 0. The Morgan fingerprint density at radius 1 is 0.273 bits per heavy atom. The molecule has 0 aliphatic carbocycles. The largest absolute Gasteiger partial charge is 5.00 e. The summed E-state index contributed by atoms with van der Waals surface area (Å²) in [5, 5.41) is 0. The van der Waals surface area contributed by atoms with Crippen LogP contribution in [-0.2, 0) is 83.1 Å². The molecule has 0 fully saturated rings. The molecule has 0 heterocycles. The molecule has 0 rings (SSSR count). The van der Waals surface area contributed by atoms with Gasteiger partial charge in [0.2, 0.25) is 0 Å². The monoisotopic (exact) mass is 714 g/mol. The summed E-state index contributed by atoms with van der Waals surface area (Å²) < 4.78 is 0. The third kappa shape index (κ3) is 172. The second kappa shape index (κ2) is 204. The third-order valence-corrected chi connectivity index (χ3v) is 0. The summed E-state index contributed by atoms with van der Waals surface area (Å²) >= 11 is 0. The van der Waals surface area contributed by atoms with Crippen LogP contribution in [0.25, 0.3) is 0 Å². The van der Waals surface area contributed by atoms with Gasteiger partial charge >= 0.3 is 99.4 Å². The van der Waals surface area contributed by atoms with E-state index in [1.54, 1.807) is 0 Å². The van der Waals surface area contributed by atoms with Gasteiger partial charge in [-0.25, -0.2) is 0 Å². The van der Waals surface area contributed by atoms with Crippen molar-refractivity contribution in [2.45, 2.75) is 0 Å². The van der Waals surface area contributed by atoms with Crippen molar-refractivity contribution in [2.24, 2.45) is 0 Å². The predicted molar refractivity (Wildman–Crippen MR) is 16.3 cm³/mol. The molecule has 11 heteroatoms. The molecule has 60 valence electrons. The fourth-order valence-corrected chi connectivity index (χ4v) is 0. The average molecular weight is 712 g/mol. The summed E-state index contributed by atoms with van der Waals surface area (Å²) in [5.41, 5.74) is 0. The van der Waals surface area contributed by atoms with E-state index in [-0.39, 0.29) is 138 Å². The van der Waals surface area contributed by atoms with Crippen LogP contribution in [0.3, 0.4) is 0 Å². The van der Waals surface area contributed by atoms with Crippen LogP contribution >= 0.6 is 0 Å². The molecule has 0 spiro atoms. The van der Waals surface area contributed by atoms with Crippen LogP contribution in [0.2, 0.25) is 0 Å². The Bertz CT molecular complexity index is 14.4. The first-order valence-corrected chi connectivity index (χ1v) is 0. The van der Waals surface area contributed by atoms with E-state index in [1.165, 1.54) is 0 Å². The van der Waals surface area contributed by atoms with Crippen LogP contribution in [0, 0.1) is 0 Å². The molecule has 4 radical (unpaired) electrons.